The molecule has 1 spiro atoms. The highest BCUT2D eigenvalue weighted by Gasteiger charge is 2.84. The standard InChI is InChI=1S/C27H37NO7/c1-14-11-28-12-18-7-5-17-6-8-19-20(24(31)33-4)10-26(23(17)19)25(18,13-34-15(2)29)22(35-16(3)30)9-21(14)27(26,28)32/h14,18-22,32H,5-13H2,1-4H3/t14-,18+,19+,20-,21+,22-,25+,26+,27-/m1/s1. The minimum atomic E-state index is -1.18. The molecule has 4 fully saturated rings. The minimum Gasteiger partial charge on any atom is -0.469 e. The minimum absolute atomic E-state index is 0.00418. The summed E-state index contributed by atoms with van der Waals surface area (Å²) in [5.41, 5.74) is -0.258. The summed E-state index contributed by atoms with van der Waals surface area (Å²) < 4.78 is 17.3. The quantitative estimate of drug-likeness (QED) is 0.367. The van der Waals surface area contributed by atoms with Crippen LogP contribution in [0.1, 0.15) is 59.3 Å². The van der Waals surface area contributed by atoms with Crippen LogP contribution in [0.25, 0.3) is 0 Å². The van der Waals surface area contributed by atoms with E-state index < -0.39 is 22.7 Å². The summed E-state index contributed by atoms with van der Waals surface area (Å²) >= 11 is 0. The molecule has 0 unspecified atom stereocenters. The number of ether oxygens (including phenoxy) is 3. The Morgan fingerprint density at radius 2 is 1.86 bits per heavy atom. The number of piperidine rings is 1. The van der Waals surface area contributed by atoms with Crippen molar-refractivity contribution >= 4 is 17.9 Å². The van der Waals surface area contributed by atoms with Crippen LogP contribution in [0, 0.1) is 40.4 Å². The first-order valence-electron chi connectivity index (χ1n) is 13.2. The fourth-order valence-electron chi connectivity index (χ4n) is 10.1. The van der Waals surface area contributed by atoms with E-state index >= 15 is 0 Å². The molecule has 8 heteroatoms. The second-order valence-corrected chi connectivity index (χ2v) is 12.0. The number of esters is 3. The van der Waals surface area contributed by atoms with Gasteiger partial charge in [0.15, 0.2) is 0 Å². The molecule has 2 heterocycles. The summed E-state index contributed by atoms with van der Waals surface area (Å²) in [5.74, 6) is -1.18. The lowest BCUT2D eigenvalue weighted by molar-refractivity contribution is -0.334. The van der Waals surface area contributed by atoms with Gasteiger partial charge in [0.2, 0.25) is 0 Å². The van der Waals surface area contributed by atoms with Gasteiger partial charge < -0.3 is 19.3 Å². The Labute approximate surface area is 206 Å². The zero-order valence-electron chi connectivity index (χ0n) is 21.2. The van der Waals surface area contributed by atoms with E-state index in [9.17, 15) is 19.5 Å². The van der Waals surface area contributed by atoms with Gasteiger partial charge in [-0.3, -0.25) is 19.3 Å². The third kappa shape index (κ3) is 2.63. The molecule has 2 saturated heterocycles. The van der Waals surface area contributed by atoms with Crippen LogP contribution < -0.4 is 0 Å². The number of aliphatic hydroxyl groups is 1. The second kappa shape index (κ2) is 7.54. The first-order valence-corrected chi connectivity index (χ1v) is 13.2. The molecule has 0 aromatic heterocycles. The zero-order chi connectivity index (χ0) is 24.9. The molecular formula is C27H37NO7. The van der Waals surface area contributed by atoms with Crippen molar-refractivity contribution in [3.63, 3.8) is 0 Å². The fraction of sp³-hybridized carbons (Fsp3) is 0.815. The van der Waals surface area contributed by atoms with Gasteiger partial charge in [-0.1, -0.05) is 18.1 Å². The van der Waals surface area contributed by atoms with Gasteiger partial charge in [-0.15, -0.1) is 0 Å². The maximum atomic E-state index is 13.2. The van der Waals surface area contributed by atoms with Gasteiger partial charge in [0, 0.05) is 38.3 Å². The molecule has 4 bridgehead atoms. The molecule has 4 aliphatic carbocycles. The number of methoxy groups -OCH3 is 1. The molecule has 8 nitrogen and oxygen atoms in total. The van der Waals surface area contributed by atoms with Crippen LogP contribution in [-0.4, -0.2) is 66.5 Å². The molecule has 35 heavy (non-hydrogen) atoms. The second-order valence-electron chi connectivity index (χ2n) is 12.0. The molecule has 0 aromatic carbocycles. The lowest BCUT2D eigenvalue weighted by atomic mass is 9.41. The fourth-order valence-corrected chi connectivity index (χ4v) is 10.1. The summed E-state index contributed by atoms with van der Waals surface area (Å²) in [4.78, 5) is 40.1. The highest BCUT2D eigenvalue weighted by Crippen LogP contribution is 2.80. The first-order chi connectivity index (χ1) is 16.6. The van der Waals surface area contributed by atoms with Crippen LogP contribution in [0.5, 0.6) is 0 Å². The average Bonchev–Trinajstić information content (AvgIpc) is 3.42. The SMILES string of the molecule is COC(=O)[C@@H]1C[C@]23C4=C(CC[C@H]5CN6C[C@@H](C)[C@H](C[C@@H](OC(C)=O)[C@]52COC(C)=O)[C@]63O)CC[C@H]41. The van der Waals surface area contributed by atoms with E-state index in [-0.39, 0.29) is 54.1 Å². The van der Waals surface area contributed by atoms with Crippen molar-refractivity contribution in [1.82, 2.24) is 4.90 Å². The summed E-state index contributed by atoms with van der Waals surface area (Å²) in [7, 11) is 1.43. The summed E-state index contributed by atoms with van der Waals surface area (Å²) in [6.45, 7) is 6.54. The van der Waals surface area contributed by atoms with Gasteiger partial charge in [-0.2, -0.15) is 0 Å². The Bertz CT molecular complexity index is 1020. The van der Waals surface area contributed by atoms with Crippen molar-refractivity contribution in [2.24, 2.45) is 40.4 Å². The van der Waals surface area contributed by atoms with Crippen LogP contribution in [0.4, 0.5) is 0 Å². The van der Waals surface area contributed by atoms with E-state index in [1.807, 2.05) is 0 Å². The Kier molecular flexibility index (Phi) is 5.06. The van der Waals surface area contributed by atoms with E-state index in [1.165, 1.54) is 32.1 Å². The van der Waals surface area contributed by atoms with E-state index in [2.05, 4.69) is 11.8 Å². The number of allylic oxidation sites excluding steroid dienone is 1. The van der Waals surface area contributed by atoms with Gasteiger partial charge >= 0.3 is 17.9 Å². The molecule has 6 rings (SSSR count). The number of carbonyl (C=O) groups is 3. The number of hydrogen-bond acceptors (Lipinski definition) is 8. The van der Waals surface area contributed by atoms with Crippen LogP contribution in [0.2, 0.25) is 0 Å². The smallest absolute Gasteiger partial charge is 0.309 e. The third-order valence-electron chi connectivity index (χ3n) is 10.9. The number of nitrogens with zero attached hydrogens (tertiary/aromatic N) is 1. The molecule has 2 saturated carbocycles. The van der Waals surface area contributed by atoms with Crippen molar-refractivity contribution in [3.8, 4) is 0 Å². The lowest BCUT2D eigenvalue weighted by Gasteiger charge is -2.70. The highest BCUT2D eigenvalue weighted by atomic mass is 16.6. The maximum Gasteiger partial charge on any atom is 0.309 e. The van der Waals surface area contributed by atoms with E-state index in [0.717, 1.165) is 32.2 Å². The Balaban J connectivity index is 1.67. The van der Waals surface area contributed by atoms with Crippen molar-refractivity contribution in [1.29, 1.82) is 0 Å². The molecule has 6 aliphatic rings. The van der Waals surface area contributed by atoms with E-state index in [1.54, 1.807) is 0 Å². The van der Waals surface area contributed by atoms with Crippen LogP contribution in [0.15, 0.2) is 11.1 Å². The van der Waals surface area contributed by atoms with E-state index in [0.29, 0.717) is 19.4 Å². The molecular weight excluding hydrogens is 450 g/mol. The molecule has 9 atom stereocenters. The van der Waals surface area contributed by atoms with Crippen LogP contribution in [-0.2, 0) is 28.6 Å². The molecule has 0 radical (unpaired) electrons. The summed E-state index contributed by atoms with van der Waals surface area (Å²) in [6.07, 6.45) is 4.06. The van der Waals surface area contributed by atoms with Crippen molar-refractivity contribution in [2.45, 2.75) is 71.1 Å². The molecule has 0 aromatic rings. The highest BCUT2D eigenvalue weighted by molar-refractivity contribution is 5.76. The van der Waals surface area contributed by atoms with Gasteiger partial charge in [-0.05, 0) is 56.3 Å². The summed E-state index contributed by atoms with van der Waals surface area (Å²) in [5, 5.41) is 13.0. The molecule has 0 amide bonds. The lowest BCUT2D eigenvalue weighted by Crippen LogP contribution is -2.79. The number of hydrogen-bond donors (Lipinski definition) is 1. The third-order valence-corrected chi connectivity index (χ3v) is 10.9. The maximum absolute atomic E-state index is 13.2. The molecule has 2 aliphatic heterocycles. The number of rotatable bonds is 4. The van der Waals surface area contributed by atoms with Crippen molar-refractivity contribution < 1.29 is 33.7 Å². The average molecular weight is 488 g/mol. The van der Waals surface area contributed by atoms with Gasteiger partial charge in [0.1, 0.15) is 18.4 Å². The number of carbonyl (C=O) groups excluding carboxylic acids is 3. The first kappa shape index (κ1) is 23.5. The predicted octanol–water partition coefficient (Wildman–Crippen LogP) is 2.44. The molecule has 1 N–H and O–H groups in total. The molecule has 192 valence electrons. The zero-order valence-corrected chi connectivity index (χ0v) is 21.2. The van der Waals surface area contributed by atoms with Crippen LogP contribution in [0.3, 0.4) is 0 Å². The Morgan fingerprint density at radius 3 is 2.54 bits per heavy atom. The predicted molar refractivity (Wildman–Crippen MR) is 123 cm³/mol. The Hall–Kier alpha value is -1.93. The van der Waals surface area contributed by atoms with Gasteiger partial charge in [0.25, 0.3) is 0 Å². The van der Waals surface area contributed by atoms with Crippen LogP contribution >= 0.6 is 0 Å². The van der Waals surface area contributed by atoms with Crippen molar-refractivity contribution in [2.75, 3.05) is 26.8 Å². The normalized spacial score (nSPS) is 47.2. The Morgan fingerprint density at radius 1 is 1.11 bits per heavy atom. The van der Waals surface area contributed by atoms with E-state index in [4.69, 9.17) is 14.2 Å². The van der Waals surface area contributed by atoms with Crippen molar-refractivity contribution in [3.05, 3.63) is 11.1 Å². The van der Waals surface area contributed by atoms with Gasteiger partial charge in [0.05, 0.1) is 18.4 Å². The summed E-state index contributed by atoms with van der Waals surface area (Å²) in [6, 6.07) is 0. The van der Waals surface area contributed by atoms with Gasteiger partial charge in [-0.25, -0.2) is 0 Å². The monoisotopic (exact) mass is 487 g/mol. The topological polar surface area (TPSA) is 102 Å². The largest absolute Gasteiger partial charge is 0.469 e.